The first kappa shape index (κ1) is 23.1. The van der Waals surface area contributed by atoms with Gasteiger partial charge in [0.15, 0.2) is 5.54 Å². The van der Waals surface area contributed by atoms with Crippen molar-refractivity contribution in [3.8, 4) is 0 Å². The van der Waals surface area contributed by atoms with Crippen LogP contribution in [0.5, 0.6) is 0 Å². The van der Waals surface area contributed by atoms with Gasteiger partial charge in [-0.05, 0) is 49.8 Å². The van der Waals surface area contributed by atoms with Gasteiger partial charge in [0.1, 0.15) is 6.04 Å². The zero-order valence-corrected chi connectivity index (χ0v) is 20.7. The molecule has 0 saturated carbocycles. The highest BCUT2D eigenvalue weighted by Crippen LogP contribution is 2.45. The van der Waals surface area contributed by atoms with Gasteiger partial charge in [0.05, 0.1) is 11.7 Å². The monoisotopic (exact) mass is 472 g/mol. The summed E-state index contributed by atoms with van der Waals surface area (Å²) >= 11 is 0. The molecular formula is C28H32N4O3. The highest BCUT2D eigenvalue weighted by Gasteiger charge is 2.60. The second kappa shape index (κ2) is 8.56. The van der Waals surface area contributed by atoms with Gasteiger partial charge >= 0.3 is 6.03 Å². The molecule has 1 saturated heterocycles. The molecule has 3 aromatic rings. The van der Waals surface area contributed by atoms with E-state index < -0.39 is 17.6 Å². The van der Waals surface area contributed by atoms with E-state index in [0.29, 0.717) is 19.4 Å². The number of nitrogens with one attached hydrogen (secondary N) is 2. The molecule has 1 aromatic heterocycles. The van der Waals surface area contributed by atoms with Gasteiger partial charge in [-0.3, -0.25) is 9.59 Å². The van der Waals surface area contributed by atoms with E-state index in [9.17, 15) is 14.4 Å². The largest absolute Gasteiger partial charge is 0.356 e. The summed E-state index contributed by atoms with van der Waals surface area (Å²) in [7, 11) is 0. The van der Waals surface area contributed by atoms with Crippen molar-refractivity contribution in [3.63, 3.8) is 0 Å². The number of carbonyl (C=O) groups is 3. The zero-order valence-electron chi connectivity index (χ0n) is 20.7. The number of fused-ring (bicyclic) bond motifs is 5. The van der Waals surface area contributed by atoms with Crippen LogP contribution in [0.1, 0.15) is 57.0 Å². The zero-order chi connectivity index (χ0) is 24.9. The van der Waals surface area contributed by atoms with Crippen molar-refractivity contribution >= 4 is 28.7 Å². The molecule has 0 unspecified atom stereocenters. The fraction of sp³-hybridized carbons (Fsp3) is 0.393. The predicted octanol–water partition coefficient (Wildman–Crippen LogP) is 4.50. The van der Waals surface area contributed by atoms with E-state index in [0.717, 1.165) is 27.7 Å². The van der Waals surface area contributed by atoms with Crippen LogP contribution >= 0.6 is 0 Å². The average Bonchev–Trinajstić information content (AvgIpc) is 3.32. The van der Waals surface area contributed by atoms with Gasteiger partial charge in [-0.1, -0.05) is 62.4 Å². The number of urea groups is 1. The van der Waals surface area contributed by atoms with E-state index in [4.69, 9.17) is 0 Å². The van der Waals surface area contributed by atoms with Gasteiger partial charge in [-0.15, -0.1) is 0 Å². The highest BCUT2D eigenvalue weighted by molar-refractivity contribution is 6.11. The minimum atomic E-state index is -1.16. The second-order valence-corrected chi connectivity index (χ2v) is 10.2. The summed E-state index contributed by atoms with van der Waals surface area (Å²) in [6.07, 6.45) is 1.06. The molecule has 2 aliphatic heterocycles. The standard InChI is InChI=1S/C28H32N4O3/c1-17(2)16-23(25(33)29-18(3)19-10-6-5-7-11-19)32-26(34)28(4)24-21(14-15-31(28)27(32)35)20-12-8-9-13-22(20)30-24/h5-13,17-18,23,30H,14-16H2,1-4H3,(H,29,33)/t18-,23-,28-/m0/s1. The summed E-state index contributed by atoms with van der Waals surface area (Å²) in [6.45, 7) is 8.14. The van der Waals surface area contributed by atoms with E-state index >= 15 is 0 Å². The predicted molar refractivity (Wildman–Crippen MR) is 135 cm³/mol. The molecule has 7 nitrogen and oxygen atoms in total. The Morgan fingerprint density at radius 2 is 1.74 bits per heavy atom. The molecule has 0 aliphatic carbocycles. The summed E-state index contributed by atoms with van der Waals surface area (Å²) < 4.78 is 0. The first-order chi connectivity index (χ1) is 16.7. The van der Waals surface area contributed by atoms with Gasteiger partial charge in [-0.2, -0.15) is 0 Å². The third-order valence-corrected chi connectivity index (χ3v) is 7.47. The lowest BCUT2D eigenvalue weighted by molar-refractivity contribution is -0.140. The Morgan fingerprint density at radius 1 is 1.06 bits per heavy atom. The second-order valence-electron chi connectivity index (χ2n) is 10.2. The van der Waals surface area contributed by atoms with Crippen molar-refractivity contribution in [1.82, 2.24) is 20.1 Å². The number of aromatic amines is 1. The van der Waals surface area contributed by atoms with Gasteiger partial charge in [0.25, 0.3) is 5.91 Å². The molecule has 182 valence electrons. The Bertz CT molecular complexity index is 1300. The summed E-state index contributed by atoms with van der Waals surface area (Å²) in [5.41, 5.74) is 2.59. The van der Waals surface area contributed by atoms with E-state index in [1.165, 1.54) is 4.90 Å². The molecule has 2 N–H and O–H groups in total. The molecule has 2 aliphatic rings. The van der Waals surface area contributed by atoms with Gasteiger partial charge in [-0.25, -0.2) is 9.69 Å². The van der Waals surface area contributed by atoms with E-state index in [1.807, 2.05) is 75.4 Å². The molecule has 3 atom stereocenters. The lowest BCUT2D eigenvalue weighted by atomic mass is 9.86. The van der Waals surface area contributed by atoms with Crippen LogP contribution in [0.15, 0.2) is 54.6 Å². The van der Waals surface area contributed by atoms with Gasteiger partial charge in [0.2, 0.25) is 5.91 Å². The topological polar surface area (TPSA) is 85.5 Å². The highest BCUT2D eigenvalue weighted by atomic mass is 16.2. The van der Waals surface area contributed by atoms with Crippen LogP contribution in [0, 0.1) is 5.92 Å². The molecular weight excluding hydrogens is 440 g/mol. The summed E-state index contributed by atoms with van der Waals surface area (Å²) in [5.74, 6) is -0.535. The Labute approximate surface area is 205 Å². The maximum atomic E-state index is 14.1. The van der Waals surface area contributed by atoms with Crippen LogP contribution in [0.4, 0.5) is 4.79 Å². The number of hydrogen-bond donors (Lipinski definition) is 2. The number of amides is 4. The number of carbonyl (C=O) groups excluding carboxylic acids is 3. The maximum absolute atomic E-state index is 14.1. The quantitative estimate of drug-likeness (QED) is 0.518. The maximum Gasteiger partial charge on any atom is 0.328 e. The average molecular weight is 473 g/mol. The van der Waals surface area contributed by atoms with Gasteiger partial charge in [0, 0.05) is 17.4 Å². The Balaban J connectivity index is 1.50. The Kier molecular flexibility index (Phi) is 5.66. The molecule has 35 heavy (non-hydrogen) atoms. The molecule has 1 fully saturated rings. The third kappa shape index (κ3) is 3.61. The summed E-state index contributed by atoms with van der Waals surface area (Å²) in [4.78, 5) is 47.6. The summed E-state index contributed by atoms with van der Waals surface area (Å²) in [6, 6.07) is 16.1. The van der Waals surface area contributed by atoms with Crippen LogP contribution < -0.4 is 5.32 Å². The minimum Gasteiger partial charge on any atom is -0.356 e. The Hall–Kier alpha value is -3.61. The lowest BCUT2D eigenvalue weighted by Crippen LogP contribution is -2.51. The number of rotatable bonds is 6. The minimum absolute atomic E-state index is 0.118. The number of imide groups is 1. The fourth-order valence-corrected chi connectivity index (χ4v) is 5.60. The van der Waals surface area contributed by atoms with Crippen molar-refractivity contribution in [2.24, 2.45) is 5.92 Å². The molecule has 0 spiro atoms. The first-order valence-electron chi connectivity index (χ1n) is 12.3. The van der Waals surface area contributed by atoms with Crippen LogP contribution in [0.25, 0.3) is 10.9 Å². The first-order valence-corrected chi connectivity index (χ1v) is 12.3. The number of H-pyrrole nitrogens is 1. The molecule has 7 heteroatoms. The molecule has 4 amide bonds. The smallest absolute Gasteiger partial charge is 0.328 e. The van der Waals surface area contributed by atoms with Crippen LogP contribution in [0.2, 0.25) is 0 Å². The number of para-hydroxylation sites is 1. The van der Waals surface area contributed by atoms with Crippen LogP contribution in [0.3, 0.4) is 0 Å². The van der Waals surface area contributed by atoms with E-state index in [1.54, 1.807) is 11.8 Å². The van der Waals surface area contributed by atoms with Crippen molar-refractivity contribution in [2.75, 3.05) is 6.54 Å². The van der Waals surface area contributed by atoms with E-state index in [-0.39, 0.29) is 23.8 Å². The number of benzene rings is 2. The number of hydrogen-bond acceptors (Lipinski definition) is 3. The molecule has 0 radical (unpaired) electrons. The van der Waals surface area contributed by atoms with Gasteiger partial charge < -0.3 is 15.2 Å². The fourth-order valence-electron chi connectivity index (χ4n) is 5.60. The number of nitrogens with zero attached hydrogens (tertiary/aromatic N) is 2. The molecule has 0 bridgehead atoms. The van der Waals surface area contributed by atoms with E-state index in [2.05, 4.69) is 10.3 Å². The molecule has 2 aromatic carbocycles. The SMILES string of the molecule is CC(C)C[C@@H](C(=O)N[C@@H](C)c1ccccc1)N1C(=O)N2CCc3c([nH]c4ccccc34)[C@@]2(C)C1=O. The lowest BCUT2D eigenvalue weighted by Gasteiger charge is -2.36. The normalized spacial score (nSPS) is 21.3. The Morgan fingerprint density at radius 3 is 2.46 bits per heavy atom. The van der Waals surface area contributed by atoms with Crippen LogP contribution in [-0.4, -0.2) is 45.2 Å². The molecule has 3 heterocycles. The van der Waals surface area contributed by atoms with Crippen LogP contribution in [-0.2, 0) is 21.5 Å². The third-order valence-electron chi connectivity index (χ3n) is 7.47. The van der Waals surface area contributed by atoms with Crippen molar-refractivity contribution < 1.29 is 14.4 Å². The van der Waals surface area contributed by atoms with Crippen molar-refractivity contribution in [3.05, 3.63) is 71.4 Å². The van der Waals surface area contributed by atoms with Crippen molar-refractivity contribution in [1.29, 1.82) is 0 Å². The molecule has 5 rings (SSSR count). The summed E-state index contributed by atoms with van der Waals surface area (Å²) in [5, 5.41) is 4.12. The number of aromatic nitrogens is 1. The van der Waals surface area contributed by atoms with Crippen molar-refractivity contribution in [2.45, 2.75) is 58.2 Å².